The summed E-state index contributed by atoms with van der Waals surface area (Å²) >= 11 is 7.66. The summed E-state index contributed by atoms with van der Waals surface area (Å²) in [6.45, 7) is 2.90. The summed E-state index contributed by atoms with van der Waals surface area (Å²) in [5.41, 5.74) is 3.30. The maximum Gasteiger partial charge on any atom is 0.223 e. The van der Waals surface area contributed by atoms with Crippen molar-refractivity contribution in [3.05, 3.63) is 69.5 Å². The van der Waals surface area contributed by atoms with E-state index >= 15 is 0 Å². The number of para-hydroxylation sites is 1. The van der Waals surface area contributed by atoms with Gasteiger partial charge in [-0.25, -0.2) is 4.98 Å². The van der Waals surface area contributed by atoms with Gasteiger partial charge in [-0.1, -0.05) is 48.0 Å². The third-order valence-electron chi connectivity index (χ3n) is 4.03. The highest BCUT2D eigenvalue weighted by molar-refractivity contribution is 7.09. The molecule has 0 saturated carbocycles. The number of benzene rings is 2. The van der Waals surface area contributed by atoms with Gasteiger partial charge in [0, 0.05) is 17.5 Å². The second-order valence-corrected chi connectivity index (χ2v) is 7.55. The van der Waals surface area contributed by atoms with Crippen LogP contribution in [-0.2, 0) is 11.2 Å². The molecule has 2 aromatic carbocycles. The Kier molecular flexibility index (Phi) is 6.85. The van der Waals surface area contributed by atoms with Crippen LogP contribution in [-0.4, -0.2) is 24.0 Å². The summed E-state index contributed by atoms with van der Waals surface area (Å²) in [6.07, 6.45) is 1.08. The first kappa shape index (κ1) is 19.4. The van der Waals surface area contributed by atoms with Crippen LogP contribution in [0.4, 0.5) is 0 Å². The number of aromatic nitrogens is 1. The lowest BCUT2D eigenvalue weighted by molar-refractivity contribution is -0.121. The molecule has 0 saturated heterocycles. The van der Waals surface area contributed by atoms with Crippen molar-refractivity contribution in [2.24, 2.45) is 0 Å². The fourth-order valence-corrected chi connectivity index (χ4v) is 3.40. The van der Waals surface area contributed by atoms with Crippen molar-refractivity contribution in [3.63, 3.8) is 0 Å². The number of hydrogen-bond acceptors (Lipinski definition) is 4. The molecule has 1 N–H and O–H groups in total. The van der Waals surface area contributed by atoms with Gasteiger partial charge in [0.15, 0.2) is 0 Å². The van der Waals surface area contributed by atoms with Gasteiger partial charge in [-0.3, -0.25) is 4.79 Å². The first-order valence-corrected chi connectivity index (χ1v) is 10.0. The zero-order valence-electron chi connectivity index (χ0n) is 15.1. The lowest BCUT2D eigenvalue weighted by Gasteiger charge is -2.08. The minimum Gasteiger partial charge on any atom is -0.491 e. The number of nitrogens with one attached hydrogen (secondary N) is 1. The molecule has 3 aromatic rings. The van der Waals surface area contributed by atoms with Crippen LogP contribution in [0.1, 0.15) is 17.0 Å². The highest BCUT2D eigenvalue weighted by Gasteiger charge is 2.05. The highest BCUT2D eigenvalue weighted by Crippen LogP contribution is 2.23. The lowest BCUT2D eigenvalue weighted by atomic mass is 10.1. The molecule has 0 spiro atoms. The van der Waals surface area contributed by atoms with Crippen LogP contribution in [0.5, 0.6) is 5.75 Å². The van der Waals surface area contributed by atoms with E-state index in [-0.39, 0.29) is 5.91 Å². The molecule has 1 heterocycles. The van der Waals surface area contributed by atoms with Gasteiger partial charge in [0.2, 0.25) is 5.91 Å². The Hall–Kier alpha value is -2.37. The number of nitrogens with zero attached hydrogens (tertiary/aromatic N) is 1. The Morgan fingerprint density at radius 2 is 1.96 bits per heavy atom. The molecule has 1 amide bonds. The Morgan fingerprint density at radius 1 is 1.19 bits per heavy atom. The van der Waals surface area contributed by atoms with E-state index in [4.69, 9.17) is 16.3 Å². The van der Waals surface area contributed by atoms with Gasteiger partial charge in [-0.05, 0) is 31.0 Å². The van der Waals surface area contributed by atoms with Crippen molar-refractivity contribution in [2.45, 2.75) is 19.8 Å². The summed E-state index contributed by atoms with van der Waals surface area (Å²) < 4.78 is 5.53. The first-order chi connectivity index (χ1) is 13.1. The van der Waals surface area contributed by atoms with Crippen molar-refractivity contribution in [1.29, 1.82) is 0 Å². The Balaban J connectivity index is 1.38. The SMILES string of the molecule is Cc1nc(-c2ccc(CCNC(=O)CCOc3ccccc3Cl)cc2)cs1. The largest absolute Gasteiger partial charge is 0.491 e. The van der Waals surface area contributed by atoms with Crippen LogP contribution in [0.2, 0.25) is 5.02 Å². The molecule has 0 unspecified atom stereocenters. The topological polar surface area (TPSA) is 51.2 Å². The van der Waals surface area contributed by atoms with E-state index in [9.17, 15) is 4.79 Å². The molecule has 0 aliphatic heterocycles. The summed E-state index contributed by atoms with van der Waals surface area (Å²) in [7, 11) is 0. The fourth-order valence-electron chi connectivity index (χ4n) is 2.59. The van der Waals surface area contributed by atoms with Crippen LogP contribution in [0.3, 0.4) is 0 Å². The van der Waals surface area contributed by atoms with Crippen molar-refractivity contribution in [3.8, 4) is 17.0 Å². The summed E-state index contributed by atoms with van der Waals surface area (Å²) in [4.78, 5) is 16.4. The van der Waals surface area contributed by atoms with Crippen molar-refractivity contribution in [2.75, 3.05) is 13.2 Å². The van der Waals surface area contributed by atoms with Crippen LogP contribution in [0, 0.1) is 6.92 Å². The predicted molar refractivity (Wildman–Crippen MR) is 111 cm³/mol. The van der Waals surface area contributed by atoms with Gasteiger partial charge in [0.25, 0.3) is 0 Å². The Labute approximate surface area is 168 Å². The van der Waals surface area contributed by atoms with Crippen molar-refractivity contribution >= 4 is 28.8 Å². The molecule has 0 aliphatic carbocycles. The quantitative estimate of drug-likeness (QED) is 0.585. The van der Waals surface area contributed by atoms with Crippen molar-refractivity contribution < 1.29 is 9.53 Å². The second kappa shape index (κ2) is 9.53. The maximum atomic E-state index is 11.9. The van der Waals surface area contributed by atoms with E-state index < -0.39 is 0 Å². The van der Waals surface area contributed by atoms with Crippen LogP contribution >= 0.6 is 22.9 Å². The number of amides is 1. The number of carbonyl (C=O) groups is 1. The highest BCUT2D eigenvalue weighted by atomic mass is 35.5. The molecule has 3 rings (SSSR count). The minimum atomic E-state index is -0.0309. The van der Waals surface area contributed by atoms with Gasteiger partial charge in [0.05, 0.1) is 28.8 Å². The zero-order chi connectivity index (χ0) is 19.1. The van der Waals surface area contributed by atoms with E-state index in [2.05, 4.69) is 39.9 Å². The lowest BCUT2D eigenvalue weighted by Crippen LogP contribution is -2.27. The fraction of sp³-hybridized carbons (Fsp3) is 0.238. The smallest absolute Gasteiger partial charge is 0.223 e. The van der Waals surface area contributed by atoms with Gasteiger partial charge < -0.3 is 10.1 Å². The molecule has 6 heteroatoms. The van der Waals surface area contributed by atoms with Crippen LogP contribution in [0.25, 0.3) is 11.3 Å². The molecule has 0 fully saturated rings. The average molecular weight is 401 g/mol. The molecule has 0 aliphatic rings. The number of aryl methyl sites for hydroxylation is 1. The molecule has 4 nitrogen and oxygen atoms in total. The van der Waals surface area contributed by atoms with Gasteiger partial charge >= 0.3 is 0 Å². The summed E-state index contributed by atoms with van der Waals surface area (Å²) in [5, 5.41) is 6.60. The van der Waals surface area contributed by atoms with E-state index in [0.29, 0.717) is 30.3 Å². The van der Waals surface area contributed by atoms with E-state index in [0.717, 1.165) is 22.7 Å². The zero-order valence-corrected chi connectivity index (χ0v) is 16.6. The van der Waals surface area contributed by atoms with E-state index in [1.54, 1.807) is 23.5 Å². The van der Waals surface area contributed by atoms with Crippen LogP contribution < -0.4 is 10.1 Å². The second-order valence-electron chi connectivity index (χ2n) is 6.08. The molecular weight excluding hydrogens is 380 g/mol. The van der Waals surface area contributed by atoms with Gasteiger partial charge in [0.1, 0.15) is 5.75 Å². The summed E-state index contributed by atoms with van der Waals surface area (Å²) in [6, 6.07) is 15.5. The molecule has 1 aromatic heterocycles. The number of halogens is 1. The summed E-state index contributed by atoms with van der Waals surface area (Å²) in [5.74, 6) is 0.569. The number of carbonyl (C=O) groups excluding carboxylic acids is 1. The number of hydrogen-bond donors (Lipinski definition) is 1. The molecule has 140 valence electrons. The standard InChI is InChI=1S/C21H21ClN2O2S/c1-15-24-19(14-27-15)17-8-6-16(7-9-17)10-12-23-21(25)11-13-26-20-5-3-2-4-18(20)22/h2-9,14H,10-13H2,1H3,(H,23,25). The number of ether oxygens (including phenoxy) is 1. The van der Waals surface area contributed by atoms with Gasteiger partial charge in [-0.15, -0.1) is 11.3 Å². The monoisotopic (exact) mass is 400 g/mol. The van der Waals surface area contributed by atoms with Crippen molar-refractivity contribution in [1.82, 2.24) is 10.3 Å². The first-order valence-electron chi connectivity index (χ1n) is 8.77. The molecular formula is C21H21ClN2O2S. The van der Waals surface area contributed by atoms with E-state index in [1.807, 2.05) is 19.1 Å². The minimum absolute atomic E-state index is 0.0309. The molecule has 0 bridgehead atoms. The Bertz CT molecular complexity index is 893. The third kappa shape index (κ3) is 5.81. The van der Waals surface area contributed by atoms with Crippen LogP contribution in [0.15, 0.2) is 53.9 Å². The number of thiazole rings is 1. The molecule has 27 heavy (non-hydrogen) atoms. The number of rotatable bonds is 8. The molecule has 0 radical (unpaired) electrons. The maximum absolute atomic E-state index is 11.9. The van der Waals surface area contributed by atoms with Gasteiger partial charge in [-0.2, -0.15) is 0 Å². The molecule has 0 atom stereocenters. The Morgan fingerprint density at radius 3 is 2.67 bits per heavy atom. The normalized spacial score (nSPS) is 10.6. The predicted octanol–water partition coefficient (Wildman–Crippen LogP) is 4.90. The van der Waals surface area contributed by atoms with E-state index in [1.165, 1.54) is 5.56 Å². The third-order valence-corrected chi connectivity index (χ3v) is 5.11. The average Bonchev–Trinajstić information content (AvgIpc) is 3.10.